The first kappa shape index (κ1) is 18.7. The summed E-state index contributed by atoms with van der Waals surface area (Å²) in [6.45, 7) is 6.12. The van der Waals surface area contributed by atoms with Crippen LogP contribution in [0.25, 0.3) is 6.08 Å². The van der Waals surface area contributed by atoms with Gasteiger partial charge in [0.05, 0.1) is 12.8 Å². The molecule has 2 heterocycles. The van der Waals surface area contributed by atoms with Crippen molar-refractivity contribution in [3.8, 4) is 0 Å². The van der Waals surface area contributed by atoms with E-state index in [0.29, 0.717) is 26.0 Å². The van der Waals surface area contributed by atoms with E-state index in [1.807, 2.05) is 12.3 Å². The summed E-state index contributed by atoms with van der Waals surface area (Å²) in [5, 5.41) is 11.9. The quantitative estimate of drug-likeness (QED) is 0.747. The Bertz CT molecular complexity index is 600. The van der Waals surface area contributed by atoms with Gasteiger partial charge >= 0.3 is 5.97 Å². The predicted octanol–water partition coefficient (Wildman–Crippen LogP) is 1.65. The Morgan fingerprint density at radius 2 is 2.38 bits per heavy atom. The third-order valence-electron chi connectivity index (χ3n) is 3.60. The van der Waals surface area contributed by atoms with Gasteiger partial charge in [0, 0.05) is 31.7 Å². The van der Waals surface area contributed by atoms with E-state index in [4.69, 9.17) is 4.74 Å². The van der Waals surface area contributed by atoms with Crippen LogP contribution in [-0.2, 0) is 20.9 Å². The molecule has 0 amide bonds. The molecule has 7 nitrogen and oxygen atoms in total. The molecule has 1 aliphatic heterocycles. The highest BCUT2D eigenvalue weighted by molar-refractivity contribution is 8.14. The minimum Gasteiger partial charge on any atom is -0.466 e. The molecular weight excluding hydrogens is 328 g/mol. The fourth-order valence-corrected chi connectivity index (χ4v) is 3.48. The van der Waals surface area contributed by atoms with Crippen LogP contribution in [0, 0.1) is 0 Å². The number of nitrogens with one attached hydrogen (secondary N) is 1. The molecule has 0 bridgehead atoms. The van der Waals surface area contributed by atoms with Gasteiger partial charge in [0.15, 0.2) is 5.12 Å². The van der Waals surface area contributed by atoms with Gasteiger partial charge < -0.3 is 10.1 Å². The topological polar surface area (TPSA) is 86.1 Å². The Hall–Kier alpha value is -1.67. The lowest BCUT2D eigenvalue weighted by Gasteiger charge is -2.24. The SMILES string of the molecule is CCOC(=O)CCCn1cc(/C=C2\CNCCC2SC(C)=O)nn1. The third kappa shape index (κ3) is 6.09. The van der Waals surface area contributed by atoms with E-state index >= 15 is 0 Å². The van der Waals surface area contributed by atoms with Gasteiger partial charge in [0.25, 0.3) is 0 Å². The molecule has 0 aliphatic carbocycles. The second-order valence-electron chi connectivity index (χ2n) is 5.60. The van der Waals surface area contributed by atoms with Crippen LogP contribution in [0.4, 0.5) is 0 Å². The zero-order chi connectivity index (χ0) is 17.4. The van der Waals surface area contributed by atoms with Crippen molar-refractivity contribution >= 4 is 28.9 Å². The van der Waals surface area contributed by atoms with Crippen molar-refractivity contribution in [2.45, 2.75) is 44.9 Å². The molecule has 0 radical (unpaired) electrons. The zero-order valence-electron chi connectivity index (χ0n) is 14.2. The number of piperidine rings is 1. The molecule has 132 valence electrons. The fourth-order valence-electron chi connectivity index (χ4n) is 2.54. The minimum absolute atomic E-state index is 0.135. The Balaban J connectivity index is 1.91. The third-order valence-corrected chi connectivity index (χ3v) is 4.75. The average molecular weight is 352 g/mol. The van der Waals surface area contributed by atoms with Gasteiger partial charge in [-0.15, -0.1) is 5.10 Å². The highest BCUT2D eigenvalue weighted by atomic mass is 32.2. The first-order valence-electron chi connectivity index (χ1n) is 8.22. The van der Waals surface area contributed by atoms with Gasteiger partial charge in [-0.1, -0.05) is 17.0 Å². The maximum Gasteiger partial charge on any atom is 0.305 e. The van der Waals surface area contributed by atoms with E-state index in [9.17, 15) is 9.59 Å². The molecule has 1 saturated heterocycles. The number of carbonyl (C=O) groups excluding carboxylic acids is 2. The number of carbonyl (C=O) groups is 2. The molecule has 0 spiro atoms. The summed E-state index contributed by atoms with van der Waals surface area (Å²) in [6, 6.07) is 0. The van der Waals surface area contributed by atoms with Crippen LogP contribution in [0.15, 0.2) is 11.8 Å². The predicted molar refractivity (Wildman–Crippen MR) is 93.4 cm³/mol. The van der Waals surface area contributed by atoms with Gasteiger partial charge in [-0.2, -0.15) is 0 Å². The van der Waals surface area contributed by atoms with E-state index in [1.165, 1.54) is 17.3 Å². The number of ether oxygens (including phenoxy) is 1. The van der Waals surface area contributed by atoms with Gasteiger partial charge in [-0.3, -0.25) is 14.3 Å². The number of hydrogen-bond acceptors (Lipinski definition) is 7. The standard InChI is InChI=1S/C16H24N4O3S/c1-3-23-16(22)5-4-8-20-11-14(18-19-20)9-13-10-17-7-6-15(13)24-12(2)21/h9,11,15,17H,3-8,10H2,1-2H3/b13-9+. The molecule has 0 aromatic carbocycles. The number of rotatable bonds is 7. The molecule has 0 saturated carbocycles. The van der Waals surface area contributed by atoms with Crippen molar-refractivity contribution < 1.29 is 14.3 Å². The monoisotopic (exact) mass is 352 g/mol. The summed E-state index contributed by atoms with van der Waals surface area (Å²) in [7, 11) is 0. The van der Waals surface area contributed by atoms with Crippen LogP contribution in [-0.4, -0.2) is 51.0 Å². The summed E-state index contributed by atoms with van der Waals surface area (Å²) in [5.41, 5.74) is 1.94. The van der Waals surface area contributed by atoms with Crippen LogP contribution in [0.3, 0.4) is 0 Å². The smallest absolute Gasteiger partial charge is 0.305 e. The first-order valence-corrected chi connectivity index (χ1v) is 9.10. The van der Waals surface area contributed by atoms with Crippen molar-refractivity contribution in [1.82, 2.24) is 20.3 Å². The van der Waals surface area contributed by atoms with Crippen molar-refractivity contribution in [1.29, 1.82) is 0 Å². The molecule has 1 aromatic rings. The van der Waals surface area contributed by atoms with Gasteiger partial charge in [0.2, 0.25) is 0 Å². The molecule has 1 fully saturated rings. The van der Waals surface area contributed by atoms with Gasteiger partial charge in [-0.25, -0.2) is 0 Å². The Morgan fingerprint density at radius 1 is 1.54 bits per heavy atom. The van der Waals surface area contributed by atoms with Crippen molar-refractivity contribution in [2.24, 2.45) is 0 Å². The second kappa shape index (κ2) is 9.58. The molecule has 1 N–H and O–H groups in total. The highest BCUT2D eigenvalue weighted by Crippen LogP contribution is 2.26. The number of aromatic nitrogens is 3. The van der Waals surface area contributed by atoms with Crippen molar-refractivity contribution in [3.05, 3.63) is 17.5 Å². The summed E-state index contributed by atoms with van der Waals surface area (Å²) in [6.07, 6.45) is 5.85. The van der Waals surface area contributed by atoms with Gasteiger partial charge in [-0.05, 0) is 38.0 Å². The fraction of sp³-hybridized carbons (Fsp3) is 0.625. The second-order valence-corrected chi connectivity index (χ2v) is 6.98. The summed E-state index contributed by atoms with van der Waals surface area (Å²) in [5.74, 6) is -0.183. The van der Waals surface area contributed by atoms with Crippen molar-refractivity contribution in [3.63, 3.8) is 0 Å². The van der Waals surface area contributed by atoms with E-state index in [2.05, 4.69) is 15.6 Å². The normalized spacial score (nSPS) is 19.4. The number of esters is 1. The molecule has 1 atom stereocenters. The Labute approximate surface area is 146 Å². The lowest BCUT2D eigenvalue weighted by atomic mass is 10.1. The summed E-state index contributed by atoms with van der Waals surface area (Å²) in [4.78, 5) is 22.7. The summed E-state index contributed by atoms with van der Waals surface area (Å²) >= 11 is 1.38. The van der Waals surface area contributed by atoms with Crippen LogP contribution in [0.2, 0.25) is 0 Å². The molecular formula is C16H24N4O3S. The zero-order valence-corrected chi connectivity index (χ0v) is 15.0. The number of aryl methyl sites for hydroxylation is 1. The average Bonchev–Trinajstić information content (AvgIpc) is 2.96. The Morgan fingerprint density at radius 3 is 3.12 bits per heavy atom. The lowest BCUT2D eigenvalue weighted by molar-refractivity contribution is -0.143. The molecule has 8 heteroatoms. The van der Waals surface area contributed by atoms with E-state index in [1.54, 1.807) is 18.5 Å². The maximum atomic E-state index is 11.4. The highest BCUT2D eigenvalue weighted by Gasteiger charge is 2.21. The van der Waals surface area contributed by atoms with E-state index < -0.39 is 0 Å². The van der Waals surface area contributed by atoms with Gasteiger partial charge in [0.1, 0.15) is 5.69 Å². The minimum atomic E-state index is -0.183. The van der Waals surface area contributed by atoms with E-state index in [-0.39, 0.29) is 16.3 Å². The van der Waals surface area contributed by atoms with Crippen LogP contribution in [0.5, 0.6) is 0 Å². The van der Waals surface area contributed by atoms with Crippen molar-refractivity contribution in [2.75, 3.05) is 19.7 Å². The van der Waals surface area contributed by atoms with Crippen LogP contribution >= 0.6 is 11.8 Å². The largest absolute Gasteiger partial charge is 0.466 e. The number of thioether (sulfide) groups is 1. The van der Waals surface area contributed by atoms with Crippen LogP contribution < -0.4 is 5.32 Å². The molecule has 1 aliphatic rings. The Kier molecular flexibility index (Phi) is 7.45. The number of nitrogens with zero attached hydrogens (tertiary/aromatic N) is 3. The molecule has 24 heavy (non-hydrogen) atoms. The molecule has 1 aromatic heterocycles. The van der Waals surface area contributed by atoms with E-state index in [0.717, 1.165) is 25.2 Å². The molecule has 2 rings (SSSR count). The summed E-state index contributed by atoms with van der Waals surface area (Å²) < 4.78 is 6.63. The first-order chi connectivity index (χ1) is 11.6. The maximum absolute atomic E-state index is 11.4. The number of hydrogen-bond donors (Lipinski definition) is 1. The lowest BCUT2D eigenvalue weighted by Crippen LogP contribution is -2.32. The van der Waals surface area contributed by atoms with Crippen LogP contribution in [0.1, 0.15) is 38.8 Å². The molecule has 1 unspecified atom stereocenters.